The summed E-state index contributed by atoms with van der Waals surface area (Å²) < 4.78 is 0. The molecule has 1 aromatic rings. The molecule has 1 aliphatic heterocycles. The van der Waals surface area contributed by atoms with E-state index < -0.39 is 0 Å². The van der Waals surface area contributed by atoms with Gasteiger partial charge >= 0.3 is 0 Å². The van der Waals surface area contributed by atoms with Crippen molar-refractivity contribution in [3.05, 3.63) is 21.4 Å². The van der Waals surface area contributed by atoms with E-state index in [1.54, 1.807) is 11.3 Å². The Kier molecular flexibility index (Phi) is 5.72. The molecular formula is C13H19N3O2S2. The molecular weight excluding hydrogens is 294 g/mol. The third-order valence-electron chi connectivity index (χ3n) is 3.13. The zero-order chi connectivity index (χ0) is 14.4. The number of carbonyl (C=O) groups is 1. The first-order chi connectivity index (χ1) is 9.70. The van der Waals surface area contributed by atoms with Crippen LogP contribution in [-0.2, 0) is 12.2 Å². The van der Waals surface area contributed by atoms with Crippen LogP contribution in [0.15, 0.2) is 11.2 Å². The van der Waals surface area contributed by atoms with Gasteiger partial charge in [0, 0.05) is 23.6 Å². The van der Waals surface area contributed by atoms with Gasteiger partial charge in [-0.1, -0.05) is 5.16 Å². The summed E-state index contributed by atoms with van der Waals surface area (Å²) in [7, 11) is 0. The van der Waals surface area contributed by atoms with Crippen LogP contribution in [-0.4, -0.2) is 29.2 Å². The van der Waals surface area contributed by atoms with Crippen LogP contribution in [0.25, 0.3) is 0 Å². The van der Waals surface area contributed by atoms with E-state index in [0.29, 0.717) is 13.0 Å². The summed E-state index contributed by atoms with van der Waals surface area (Å²) in [6.45, 7) is 0.620. The van der Waals surface area contributed by atoms with E-state index in [-0.39, 0.29) is 11.7 Å². The van der Waals surface area contributed by atoms with Gasteiger partial charge in [-0.2, -0.15) is 11.8 Å². The Morgan fingerprint density at radius 3 is 3.10 bits per heavy atom. The number of thioether (sulfide) groups is 1. The summed E-state index contributed by atoms with van der Waals surface area (Å²) >= 11 is 3.54. The Balaban J connectivity index is 1.73. The van der Waals surface area contributed by atoms with Gasteiger partial charge in [-0.05, 0) is 36.6 Å². The summed E-state index contributed by atoms with van der Waals surface area (Å²) in [6, 6.07) is 2.03. The van der Waals surface area contributed by atoms with Crippen LogP contribution in [0.3, 0.4) is 0 Å². The van der Waals surface area contributed by atoms with E-state index >= 15 is 0 Å². The standard InChI is InChI=1S/C13H19N3O2S2/c14-12(16-18)3-1-2-5-15-13(17)11-7-9-8-19-6-4-10(9)20-11/h7,18H,1-6,8H2,(H2,14,16)(H,15,17). The highest BCUT2D eigenvalue weighted by atomic mass is 32.2. The van der Waals surface area contributed by atoms with Gasteiger partial charge in [0.2, 0.25) is 0 Å². The second-order valence-electron chi connectivity index (χ2n) is 4.67. The third-order valence-corrected chi connectivity index (χ3v) is 5.37. The van der Waals surface area contributed by atoms with E-state index in [9.17, 15) is 4.79 Å². The molecule has 7 heteroatoms. The van der Waals surface area contributed by atoms with E-state index in [0.717, 1.165) is 35.6 Å². The maximum absolute atomic E-state index is 12.0. The first-order valence-corrected chi connectivity index (χ1v) is 8.61. The number of nitrogens with one attached hydrogen (secondary N) is 1. The average Bonchev–Trinajstić information content (AvgIpc) is 2.90. The van der Waals surface area contributed by atoms with E-state index in [1.807, 2.05) is 17.8 Å². The highest BCUT2D eigenvalue weighted by Gasteiger charge is 2.17. The number of hydrogen-bond donors (Lipinski definition) is 3. The quantitative estimate of drug-likeness (QED) is 0.247. The van der Waals surface area contributed by atoms with Gasteiger partial charge in [0.25, 0.3) is 5.91 Å². The molecule has 0 radical (unpaired) electrons. The topological polar surface area (TPSA) is 87.7 Å². The summed E-state index contributed by atoms with van der Waals surface area (Å²) in [5.74, 6) is 2.43. The molecule has 2 heterocycles. The van der Waals surface area contributed by atoms with Crippen molar-refractivity contribution < 1.29 is 10.0 Å². The fraction of sp³-hybridized carbons (Fsp3) is 0.538. The van der Waals surface area contributed by atoms with Crippen molar-refractivity contribution in [2.45, 2.75) is 31.4 Å². The second kappa shape index (κ2) is 7.54. The molecule has 1 aromatic heterocycles. The maximum Gasteiger partial charge on any atom is 0.261 e. The molecule has 1 amide bonds. The fourth-order valence-electron chi connectivity index (χ4n) is 2.03. The number of amides is 1. The number of amidine groups is 1. The first kappa shape index (κ1) is 15.2. The van der Waals surface area contributed by atoms with Crippen LogP contribution in [0.4, 0.5) is 0 Å². The molecule has 0 spiro atoms. The van der Waals surface area contributed by atoms with Gasteiger partial charge in [-0.25, -0.2) is 0 Å². The Labute approximate surface area is 126 Å². The normalized spacial score (nSPS) is 14.9. The molecule has 110 valence electrons. The third kappa shape index (κ3) is 4.14. The Morgan fingerprint density at radius 1 is 1.50 bits per heavy atom. The van der Waals surface area contributed by atoms with Crippen molar-refractivity contribution in [1.82, 2.24) is 5.32 Å². The minimum absolute atomic E-state index is 0.0122. The minimum atomic E-state index is 0.0122. The minimum Gasteiger partial charge on any atom is -0.409 e. The number of carbonyl (C=O) groups excluding carboxylic acids is 1. The molecule has 0 aromatic carbocycles. The number of unbranched alkanes of at least 4 members (excludes halogenated alkanes) is 1. The van der Waals surface area contributed by atoms with Crippen molar-refractivity contribution in [2.24, 2.45) is 10.9 Å². The van der Waals surface area contributed by atoms with Gasteiger partial charge in [-0.3, -0.25) is 4.79 Å². The monoisotopic (exact) mass is 313 g/mol. The highest BCUT2D eigenvalue weighted by molar-refractivity contribution is 7.98. The zero-order valence-electron chi connectivity index (χ0n) is 11.2. The Morgan fingerprint density at radius 2 is 2.35 bits per heavy atom. The number of oxime groups is 1. The van der Waals surface area contributed by atoms with Crippen molar-refractivity contribution in [1.29, 1.82) is 0 Å². The Hall–Kier alpha value is -1.21. The van der Waals surface area contributed by atoms with Gasteiger partial charge in [0.15, 0.2) is 0 Å². The molecule has 0 aliphatic carbocycles. The largest absolute Gasteiger partial charge is 0.409 e. The predicted molar refractivity (Wildman–Crippen MR) is 83.8 cm³/mol. The SMILES string of the molecule is NC(CCCCNC(=O)c1cc2c(s1)CCSC2)=NO. The number of rotatable bonds is 6. The number of aryl methyl sites for hydroxylation is 1. The predicted octanol–water partition coefficient (Wildman–Crippen LogP) is 2.18. The van der Waals surface area contributed by atoms with Crippen LogP contribution in [0.1, 0.15) is 39.4 Å². The van der Waals surface area contributed by atoms with Crippen LogP contribution in [0.2, 0.25) is 0 Å². The van der Waals surface area contributed by atoms with Crippen molar-refractivity contribution >= 4 is 34.8 Å². The smallest absolute Gasteiger partial charge is 0.261 e. The summed E-state index contributed by atoms with van der Waals surface area (Å²) in [4.78, 5) is 14.2. The summed E-state index contributed by atoms with van der Waals surface area (Å²) in [5.41, 5.74) is 6.70. The van der Waals surface area contributed by atoms with Gasteiger partial charge in [-0.15, -0.1) is 11.3 Å². The molecule has 1 aliphatic rings. The lowest BCUT2D eigenvalue weighted by Gasteiger charge is -2.08. The van der Waals surface area contributed by atoms with E-state index in [4.69, 9.17) is 10.9 Å². The van der Waals surface area contributed by atoms with Crippen molar-refractivity contribution in [3.63, 3.8) is 0 Å². The second-order valence-corrected chi connectivity index (χ2v) is 6.91. The van der Waals surface area contributed by atoms with Gasteiger partial charge in [0.05, 0.1) is 4.88 Å². The van der Waals surface area contributed by atoms with Crippen LogP contribution in [0.5, 0.6) is 0 Å². The molecule has 2 rings (SSSR count). The molecule has 0 unspecified atom stereocenters. The number of nitrogens with zero attached hydrogens (tertiary/aromatic N) is 1. The fourth-order valence-corrected chi connectivity index (χ4v) is 4.32. The number of nitrogens with two attached hydrogens (primary N) is 1. The lowest BCUT2D eigenvalue weighted by Crippen LogP contribution is -2.23. The van der Waals surface area contributed by atoms with Crippen LogP contribution < -0.4 is 11.1 Å². The summed E-state index contributed by atoms with van der Waals surface area (Å²) in [5, 5.41) is 14.2. The lowest BCUT2D eigenvalue weighted by atomic mass is 10.2. The maximum atomic E-state index is 12.0. The lowest BCUT2D eigenvalue weighted by molar-refractivity contribution is 0.0957. The van der Waals surface area contributed by atoms with Crippen LogP contribution >= 0.6 is 23.1 Å². The van der Waals surface area contributed by atoms with Crippen LogP contribution in [0, 0.1) is 0 Å². The molecule has 0 atom stereocenters. The highest BCUT2D eigenvalue weighted by Crippen LogP contribution is 2.31. The molecule has 0 saturated carbocycles. The summed E-state index contributed by atoms with van der Waals surface area (Å²) in [6.07, 6.45) is 3.26. The van der Waals surface area contributed by atoms with Crippen molar-refractivity contribution in [2.75, 3.05) is 12.3 Å². The molecule has 0 bridgehead atoms. The molecule has 4 N–H and O–H groups in total. The number of hydrogen-bond acceptors (Lipinski definition) is 5. The zero-order valence-corrected chi connectivity index (χ0v) is 12.9. The van der Waals surface area contributed by atoms with Gasteiger partial charge in [0.1, 0.15) is 5.84 Å². The van der Waals surface area contributed by atoms with Gasteiger partial charge < -0.3 is 16.3 Å². The molecule has 0 fully saturated rings. The average molecular weight is 313 g/mol. The van der Waals surface area contributed by atoms with Crippen molar-refractivity contribution in [3.8, 4) is 0 Å². The molecule has 20 heavy (non-hydrogen) atoms. The number of fused-ring (bicyclic) bond motifs is 1. The van der Waals surface area contributed by atoms with E-state index in [1.165, 1.54) is 10.4 Å². The molecule has 0 saturated heterocycles. The molecule has 5 nitrogen and oxygen atoms in total. The Bertz CT molecular complexity index is 476. The first-order valence-electron chi connectivity index (χ1n) is 6.64. The number of thiophene rings is 1. The van der Waals surface area contributed by atoms with E-state index in [2.05, 4.69) is 10.5 Å².